The van der Waals surface area contributed by atoms with Crippen LogP contribution in [0.1, 0.15) is 52.4 Å². The molecule has 0 N–H and O–H groups in total. The van der Waals surface area contributed by atoms with Crippen molar-refractivity contribution in [3.05, 3.63) is 42.0 Å². The molecule has 1 rings (SSSR count). The summed E-state index contributed by atoms with van der Waals surface area (Å²) in [5, 5.41) is 0. The Morgan fingerprint density at radius 3 is 2.52 bits per heavy atom. The number of hydrogen-bond donors (Lipinski definition) is 0. The maximum Gasteiger partial charge on any atom is 0.249 e. The molecule has 3 nitrogen and oxygen atoms in total. The van der Waals surface area contributed by atoms with Gasteiger partial charge in [0.15, 0.2) is 0 Å². The van der Waals surface area contributed by atoms with Crippen molar-refractivity contribution in [1.82, 2.24) is 4.90 Å². The van der Waals surface area contributed by atoms with Crippen molar-refractivity contribution in [3.8, 4) is 5.75 Å². The SMILES string of the molecule is CCC=C(CCCCC)C(=O)N(C)CCCOc1ccccc1. The minimum absolute atomic E-state index is 0.169. The van der Waals surface area contributed by atoms with Gasteiger partial charge < -0.3 is 9.64 Å². The predicted molar refractivity (Wildman–Crippen MR) is 96.7 cm³/mol. The van der Waals surface area contributed by atoms with Crippen molar-refractivity contribution < 1.29 is 9.53 Å². The molecule has 0 aliphatic carbocycles. The number of ether oxygens (including phenoxy) is 1. The summed E-state index contributed by atoms with van der Waals surface area (Å²) in [6.07, 6.45) is 8.19. The summed E-state index contributed by atoms with van der Waals surface area (Å²) in [5.74, 6) is 1.05. The van der Waals surface area contributed by atoms with Crippen LogP contribution in [0, 0.1) is 0 Å². The van der Waals surface area contributed by atoms with Gasteiger partial charge in [-0.05, 0) is 37.8 Å². The summed E-state index contributed by atoms with van der Waals surface area (Å²) in [4.78, 5) is 14.3. The predicted octanol–water partition coefficient (Wildman–Crippen LogP) is 4.83. The van der Waals surface area contributed by atoms with Crippen LogP contribution in [-0.4, -0.2) is 31.0 Å². The van der Waals surface area contributed by atoms with E-state index in [1.54, 1.807) is 0 Å². The quantitative estimate of drug-likeness (QED) is 0.432. The number of nitrogens with zero attached hydrogens (tertiary/aromatic N) is 1. The summed E-state index contributed by atoms with van der Waals surface area (Å²) in [6.45, 7) is 5.62. The number of amides is 1. The van der Waals surface area contributed by atoms with Crippen LogP contribution < -0.4 is 4.74 Å². The second kappa shape index (κ2) is 11.8. The summed E-state index contributed by atoms with van der Waals surface area (Å²) < 4.78 is 5.67. The molecule has 3 heteroatoms. The van der Waals surface area contributed by atoms with Gasteiger partial charge in [-0.1, -0.05) is 51.0 Å². The molecule has 1 amide bonds. The minimum Gasteiger partial charge on any atom is -0.494 e. The number of benzene rings is 1. The van der Waals surface area contributed by atoms with E-state index in [-0.39, 0.29) is 5.91 Å². The largest absolute Gasteiger partial charge is 0.494 e. The number of likely N-dealkylation sites (N-methyl/N-ethyl adjacent to an activating group) is 1. The molecule has 0 radical (unpaired) electrons. The fourth-order valence-corrected chi connectivity index (χ4v) is 2.46. The third-order valence-electron chi connectivity index (χ3n) is 3.77. The van der Waals surface area contributed by atoms with Gasteiger partial charge in [0.25, 0.3) is 0 Å². The molecule has 23 heavy (non-hydrogen) atoms. The Kier molecular flexibility index (Phi) is 9.85. The van der Waals surface area contributed by atoms with Gasteiger partial charge in [0.1, 0.15) is 5.75 Å². The number of carbonyl (C=O) groups excluding carboxylic acids is 1. The molecule has 0 bridgehead atoms. The van der Waals surface area contributed by atoms with Crippen molar-refractivity contribution in [2.45, 2.75) is 52.4 Å². The van der Waals surface area contributed by atoms with Gasteiger partial charge >= 0.3 is 0 Å². The molecule has 0 fully saturated rings. The highest BCUT2D eigenvalue weighted by molar-refractivity contribution is 5.93. The van der Waals surface area contributed by atoms with Gasteiger partial charge in [-0.2, -0.15) is 0 Å². The molecule has 1 aromatic carbocycles. The van der Waals surface area contributed by atoms with Gasteiger partial charge in [0, 0.05) is 19.2 Å². The van der Waals surface area contributed by atoms with Gasteiger partial charge in [-0.3, -0.25) is 4.79 Å². The maximum atomic E-state index is 12.5. The molecule has 0 spiro atoms. The molecule has 0 aliphatic heterocycles. The standard InChI is InChI=1S/C20H31NO2/c1-4-6-8-13-18(12-5-2)20(22)21(3)16-11-17-23-19-14-9-7-10-15-19/h7,9-10,12,14-15H,4-6,8,11,13,16-17H2,1-3H3. The van der Waals surface area contributed by atoms with Crippen LogP contribution in [0.3, 0.4) is 0 Å². The number of allylic oxidation sites excluding steroid dienone is 1. The molecule has 1 aromatic rings. The molecule has 0 unspecified atom stereocenters. The highest BCUT2D eigenvalue weighted by atomic mass is 16.5. The first-order valence-electron chi connectivity index (χ1n) is 8.81. The zero-order valence-corrected chi connectivity index (χ0v) is 14.9. The molecule has 0 saturated heterocycles. The molecular formula is C20H31NO2. The minimum atomic E-state index is 0.169. The summed E-state index contributed by atoms with van der Waals surface area (Å²) >= 11 is 0. The molecule has 0 saturated carbocycles. The molecule has 0 atom stereocenters. The Bertz CT molecular complexity index is 468. The fraction of sp³-hybridized carbons (Fsp3) is 0.550. The lowest BCUT2D eigenvalue weighted by Gasteiger charge is -2.19. The second-order valence-electron chi connectivity index (χ2n) is 5.84. The van der Waals surface area contributed by atoms with Crippen LogP contribution in [0.5, 0.6) is 5.75 Å². The van der Waals surface area contributed by atoms with Crippen molar-refractivity contribution in [2.24, 2.45) is 0 Å². The van der Waals surface area contributed by atoms with E-state index in [2.05, 4.69) is 19.9 Å². The highest BCUT2D eigenvalue weighted by Gasteiger charge is 2.13. The third-order valence-corrected chi connectivity index (χ3v) is 3.77. The Balaban J connectivity index is 2.34. The molecule has 0 aliphatic rings. The van der Waals surface area contributed by atoms with Gasteiger partial charge in [-0.25, -0.2) is 0 Å². The average Bonchev–Trinajstić information content (AvgIpc) is 2.58. The van der Waals surface area contributed by atoms with Crippen molar-refractivity contribution in [2.75, 3.05) is 20.2 Å². The zero-order valence-electron chi connectivity index (χ0n) is 14.9. The lowest BCUT2D eigenvalue weighted by Crippen LogP contribution is -2.30. The topological polar surface area (TPSA) is 29.5 Å². The van der Waals surface area contributed by atoms with Crippen molar-refractivity contribution in [1.29, 1.82) is 0 Å². The first-order valence-corrected chi connectivity index (χ1v) is 8.81. The molecular weight excluding hydrogens is 286 g/mol. The van der Waals surface area contributed by atoms with E-state index in [1.807, 2.05) is 42.3 Å². The number of carbonyl (C=O) groups is 1. The van der Waals surface area contributed by atoms with Crippen LogP contribution in [-0.2, 0) is 4.79 Å². The van der Waals surface area contributed by atoms with Crippen LogP contribution in [0.15, 0.2) is 42.0 Å². The van der Waals surface area contributed by atoms with Crippen LogP contribution in [0.25, 0.3) is 0 Å². The van der Waals surface area contributed by atoms with E-state index >= 15 is 0 Å². The Labute approximate surface area is 141 Å². The average molecular weight is 317 g/mol. The van der Waals surface area contributed by atoms with Crippen LogP contribution >= 0.6 is 0 Å². The maximum absolute atomic E-state index is 12.5. The van der Waals surface area contributed by atoms with E-state index in [0.29, 0.717) is 6.61 Å². The lowest BCUT2D eigenvalue weighted by atomic mass is 10.1. The Hall–Kier alpha value is -1.77. The number of rotatable bonds is 11. The van der Waals surface area contributed by atoms with Crippen molar-refractivity contribution >= 4 is 5.91 Å². The second-order valence-corrected chi connectivity index (χ2v) is 5.84. The first-order chi connectivity index (χ1) is 11.2. The fourth-order valence-electron chi connectivity index (χ4n) is 2.46. The Morgan fingerprint density at radius 1 is 1.13 bits per heavy atom. The highest BCUT2D eigenvalue weighted by Crippen LogP contribution is 2.13. The first kappa shape index (κ1) is 19.3. The smallest absolute Gasteiger partial charge is 0.249 e. The van der Waals surface area contributed by atoms with Crippen molar-refractivity contribution in [3.63, 3.8) is 0 Å². The number of unbranched alkanes of at least 4 members (excludes halogenated alkanes) is 2. The Morgan fingerprint density at radius 2 is 1.87 bits per heavy atom. The zero-order chi connectivity index (χ0) is 16.9. The van der Waals surface area contributed by atoms with E-state index in [0.717, 1.165) is 43.6 Å². The van der Waals surface area contributed by atoms with E-state index in [1.165, 1.54) is 12.8 Å². The summed E-state index contributed by atoms with van der Waals surface area (Å²) in [7, 11) is 1.88. The van der Waals surface area contributed by atoms with Gasteiger partial charge in [-0.15, -0.1) is 0 Å². The van der Waals surface area contributed by atoms with Gasteiger partial charge in [0.05, 0.1) is 6.61 Å². The molecule has 0 heterocycles. The van der Waals surface area contributed by atoms with E-state index in [9.17, 15) is 4.79 Å². The van der Waals surface area contributed by atoms with Crippen LogP contribution in [0.4, 0.5) is 0 Å². The number of hydrogen-bond acceptors (Lipinski definition) is 2. The monoisotopic (exact) mass is 317 g/mol. The summed E-state index contributed by atoms with van der Waals surface area (Å²) in [5.41, 5.74) is 0.965. The van der Waals surface area contributed by atoms with E-state index in [4.69, 9.17) is 4.74 Å². The van der Waals surface area contributed by atoms with Crippen LogP contribution in [0.2, 0.25) is 0 Å². The molecule has 128 valence electrons. The van der Waals surface area contributed by atoms with Gasteiger partial charge in [0.2, 0.25) is 5.91 Å². The lowest BCUT2D eigenvalue weighted by molar-refractivity contribution is -0.126. The third kappa shape index (κ3) is 7.87. The number of para-hydroxylation sites is 1. The van der Waals surface area contributed by atoms with E-state index < -0.39 is 0 Å². The molecule has 0 aromatic heterocycles. The summed E-state index contributed by atoms with van der Waals surface area (Å²) in [6, 6.07) is 9.79. The normalized spacial score (nSPS) is 11.3.